The molecule has 0 spiro atoms. The van der Waals surface area contributed by atoms with Gasteiger partial charge in [0.1, 0.15) is 0 Å². The van der Waals surface area contributed by atoms with Crippen LogP contribution in [0.5, 0.6) is 0 Å². The van der Waals surface area contributed by atoms with Gasteiger partial charge < -0.3 is 0 Å². The van der Waals surface area contributed by atoms with E-state index in [9.17, 15) is 0 Å². The highest BCUT2D eigenvalue weighted by atomic mass is 32.1. The molecule has 0 aliphatic rings. The van der Waals surface area contributed by atoms with Gasteiger partial charge in [0.15, 0.2) is 25.5 Å². The monoisotopic (exact) mass is 779 g/mol. The fourth-order valence-electron chi connectivity index (χ4n) is 8.44. The van der Waals surface area contributed by atoms with Gasteiger partial charge >= 0.3 is 0 Å². The van der Waals surface area contributed by atoms with E-state index in [1.165, 1.54) is 61.1 Å². The predicted molar refractivity (Wildman–Crippen MR) is 246 cm³/mol. The van der Waals surface area contributed by atoms with Crippen molar-refractivity contribution in [2.45, 2.75) is 0 Å². The first-order valence-corrected chi connectivity index (χ1v) is 22.7. The van der Waals surface area contributed by atoms with E-state index in [2.05, 4.69) is 182 Å². The topological polar surface area (TPSA) is 38.7 Å². The largest absolute Gasteiger partial charge is 0.208 e. The summed E-state index contributed by atoms with van der Waals surface area (Å²) in [4.78, 5) is 15.6. The van der Waals surface area contributed by atoms with E-state index in [0.717, 1.165) is 16.7 Å². The van der Waals surface area contributed by atoms with Crippen molar-refractivity contribution in [2.75, 3.05) is 0 Å². The lowest BCUT2D eigenvalue weighted by Crippen LogP contribution is -2.74. The molecule has 0 bridgehead atoms. The Morgan fingerprint density at radius 2 is 0.737 bits per heavy atom. The summed E-state index contributed by atoms with van der Waals surface area (Å²) in [6, 6.07) is 72.6. The molecule has 0 saturated carbocycles. The molecule has 8 aromatic carbocycles. The van der Waals surface area contributed by atoms with Crippen LogP contribution in [0.2, 0.25) is 0 Å². The first kappa shape index (κ1) is 33.7. The second kappa shape index (κ2) is 13.9. The standard InChI is InChI=1S/C51H33N3S2Si/c1-4-15-34(16-5-1)49-52-50(54-51(53-49)36-27-30-47-44(32-36)42-24-11-13-26-46(42)55-47)35-17-14-22-39(31-35)57(37-18-6-2-7-19-37,38-20-8-3-9-21-38)40-28-29-43-41-23-10-12-25-45(41)56-48(43)33-40/h1-33H. The van der Waals surface area contributed by atoms with Crippen LogP contribution in [0.1, 0.15) is 0 Å². The van der Waals surface area contributed by atoms with Crippen LogP contribution in [-0.4, -0.2) is 23.0 Å². The minimum absolute atomic E-state index is 0.653. The second-order valence-corrected chi connectivity index (χ2v) is 20.3. The van der Waals surface area contributed by atoms with E-state index in [-0.39, 0.29) is 0 Å². The van der Waals surface area contributed by atoms with Gasteiger partial charge in [-0.2, -0.15) is 0 Å². The van der Waals surface area contributed by atoms with Crippen molar-refractivity contribution in [1.82, 2.24) is 15.0 Å². The number of fused-ring (bicyclic) bond motifs is 6. The Morgan fingerprint density at radius 1 is 0.281 bits per heavy atom. The molecule has 3 aromatic heterocycles. The quantitative estimate of drug-likeness (QED) is 0.119. The van der Waals surface area contributed by atoms with Gasteiger partial charge in [-0.05, 0) is 57.1 Å². The zero-order chi connectivity index (χ0) is 37.8. The van der Waals surface area contributed by atoms with Crippen molar-refractivity contribution in [2.24, 2.45) is 0 Å². The summed E-state index contributed by atoms with van der Waals surface area (Å²) in [5.41, 5.74) is 2.88. The number of rotatable bonds is 7. The summed E-state index contributed by atoms with van der Waals surface area (Å²) >= 11 is 3.69. The first-order valence-electron chi connectivity index (χ1n) is 19.1. The maximum Gasteiger partial charge on any atom is 0.179 e. The molecule has 268 valence electrons. The summed E-state index contributed by atoms with van der Waals surface area (Å²) in [7, 11) is -2.90. The molecule has 0 N–H and O–H groups in total. The highest BCUT2D eigenvalue weighted by Gasteiger charge is 2.42. The third-order valence-corrected chi connectivity index (χ3v) is 18.1. The van der Waals surface area contributed by atoms with Crippen LogP contribution in [0.4, 0.5) is 0 Å². The van der Waals surface area contributed by atoms with E-state index in [0.29, 0.717) is 17.5 Å². The smallest absolute Gasteiger partial charge is 0.179 e. The van der Waals surface area contributed by atoms with Crippen molar-refractivity contribution in [3.05, 3.63) is 200 Å². The molecule has 11 rings (SSSR count). The van der Waals surface area contributed by atoms with Crippen LogP contribution in [0.25, 0.3) is 74.5 Å². The summed E-state index contributed by atoms with van der Waals surface area (Å²) < 4.78 is 5.14. The fourth-order valence-corrected chi connectivity index (χ4v) is 15.6. The second-order valence-electron chi connectivity index (χ2n) is 14.4. The van der Waals surface area contributed by atoms with Crippen LogP contribution in [0.15, 0.2) is 200 Å². The molecule has 57 heavy (non-hydrogen) atoms. The first-order chi connectivity index (χ1) is 28.2. The van der Waals surface area contributed by atoms with E-state index in [1.54, 1.807) is 0 Å². The summed E-state index contributed by atoms with van der Waals surface area (Å²) in [5, 5.41) is 10.3. The molecule has 0 aliphatic carbocycles. The Hall–Kier alpha value is -6.57. The van der Waals surface area contributed by atoms with Gasteiger partial charge in [0, 0.05) is 57.0 Å². The van der Waals surface area contributed by atoms with Crippen molar-refractivity contribution in [3.8, 4) is 34.2 Å². The highest BCUT2D eigenvalue weighted by Crippen LogP contribution is 2.37. The Kier molecular flexibility index (Phi) is 8.21. The Bertz CT molecular complexity index is 3210. The van der Waals surface area contributed by atoms with E-state index in [1.807, 2.05) is 40.9 Å². The predicted octanol–water partition coefficient (Wildman–Crippen LogP) is 11.0. The lowest BCUT2D eigenvalue weighted by Gasteiger charge is -2.34. The van der Waals surface area contributed by atoms with Crippen molar-refractivity contribution >= 4 is 91.8 Å². The number of aromatic nitrogens is 3. The minimum Gasteiger partial charge on any atom is -0.208 e. The number of benzene rings is 8. The summed E-state index contributed by atoms with van der Waals surface area (Å²) in [6.45, 7) is 0. The lowest BCUT2D eigenvalue weighted by molar-refractivity contribution is 1.07. The van der Waals surface area contributed by atoms with Gasteiger partial charge in [-0.3, -0.25) is 0 Å². The zero-order valence-electron chi connectivity index (χ0n) is 30.7. The fraction of sp³-hybridized carbons (Fsp3) is 0. The van der Waals surface area contributed by atoms with Crippen molar-refractivity contribution in [1.29, 1.82) is 0 Å². The van der Waals surface area contributed by atoms with Crippen LogP contribution >= 0.6 is 22.7 Å². The molecule has 0 unspecified atom stereocenters. The van der Waals surface area contributed by atoms with Crippen molar-refractivity contribution in [3.63, 3.8) is 0 Å². The Labute approximate surface area is 339 Å². The van der Waals surface area contributed by atoms with Gasteiger partial charge in [-0.1, -0.05) is 164 Å². The van der Waals surface area contributed by atoms with Gasteiger partial charge in [0.25, 0.3) is 0 Å². The molecule has 0 saturated heterocycles. The van der Waals surface area contributed by atoms with Crippen molar-refractivity contribution < 1.29 is 0 Å². The van der Waals surface area contributed by atoms with Gasteiger partial charge in [0.05, 0.1) is 0 Å². The SMILES string of the molecule is c1ccc(-c2nc(-c3cccc([Si](c4ccccc4)(c4ccccc4)c4ccc5c(c4)sc4ccccc45)c3)nc(-c3ccc4sc5ccccc5c4c3)n2)cc1. The number of hydrogen-bond acceptors (Lipinski definition) is 5. The molecule has 0 radical (unpaired) electrons. The molecule has 0 amide bonds. The lowest BCUT2D eigenvalue weighted by atomic mass is 10.1. The molecule has 0 aliphatic heterocycles. The zero-order valence-corrected chi connectivity index (χ0v) is 33.3. The van der Waals surface area contributed by atoms with Crippen LogP contribution < -0.4 is 20.7 Å². The maximum atomic E-state index is 5.28. The van der Waals surface area contributed by atoms with Crippen LogP contribution in [0, 0.1) is 0 Å². The molecule has 3 heterocycles. The third kappa shape index (κ3) is 5.72. The minimum atomic E-state index is -2.90. The summed E-state index contributed by atoms with van der Waals surface area (Å²) in [6.07, 6.45) is 0. The molecular formula is C51H33N3S2Si. The number of nitrogens with zero attached hydrogens (tertiary/aromatic N) is 3. The average molecular weight is 780 g/mol. The molecular weight excluding hydrogens is 747 g/mol. The van der Waals surface area contributed by atoms with Gasteiger partial charge in [0.2, 0.25) is 0 Å². The highest BCUT2D eigenvalue weighted by molar-refractivity contribution is 7.26. The van der Waals surface area contributed by atoms with Gasteiger partial charge in [-0.15, -0.1) is 22.7 Å². The van der Waals surface area contributed by atoms with E-state index in [4.69, 9.17) is 15.0 Å². The maximum absolute atomic E-state index is 5.28. The van der Waals surface area contributed by atoms with E-state index < -0.39 is 8.07 Å². The molecule has 0 fully saturated rings. The molecule has 11 aromatic rings. The molecule has 3 nitrogen and oxygen atoms in total. The summed E-state index contributed by atoms with van der Waals surface area (Å²) in [5.74, 6) is 1.97. The molecule has 6 heteroatoms. The number of thiophene rings is 2. The van der Waals surface area contributed by atoms with Gasteiger partial charge in [-0.25, -0.2) is 15.0 Å². The third-order valence-electron chi connectivity index (χ3n) is 11.1. The average Bonchev–Trinajstić information content (AvgIpc) is 3.85. The normalized spacial score (nSPS) is 11.9. The van der Waals surface area contributed by atoms with Crippen LogP contribution in [-0.2, 0) is 0 Å². The Morgan fingerprint density at radius 3 is 1.40 bits per heavy atom. The van der Waals surface area contributed by atoms with E-state index >= 15 is 0 Å². The number of hydrogen-bond donors (Lipinski definition) is 0. The molecule has 0 atom stereocenters. The van der Waals surface area contributed by atoms with Crippen LogP contribution in [0.3, 0.4) is 0 Å². The Balaban J connectivity index is 1.15.